The number of benzene rings is 2. The Balaban J connectivity index is 1.84. The van der Waals surface area contributed by atoms with E-state index in [1.165, 1.54) is 29.4 Å². The largest absolute Gasteiger partial charge is 0.493 e. The Bertz CT molecular complexity index is 1290. The number of ether oxygens (including phenoxy) is 3. The van der Waals surface area contributed by atoms with E-state index in [2.05, 4.69) is 19.1 Å². The molecule has 0 saturated carbocycles. The summed E-state index contributed by atoms with van der Waals surface area (Å²) in [5, 5.41) is 6.10. The zero-order valence-corrected chi connectivity index (χ0v) is 19.6. The molecular weight excluding hydrogens is 414 g/mol. The third kappa shape index (κ3) is 3.59. The average molecular weight is 444 g/mol. The molecule has 0 atom stereocenters. The van der Waals surface area contributed by atoms with Crippen molar-refractivity contribution in [2.24, 2.45) is 0 Å². The van der Waals surface area contributed by atoms with E-state index in [1.54, 1.807) is 21.3 Å². The first-order chi connectivity index (χ1) is 16.2. The van der Waals surface area contributed by atoms with Crippen molar-refractivity contribution in [3.8, 4) is 34.2 Å². The summed E-state index contributed by atoms with van der Waals surface area (Å²) >= 11 is 0. The van der Waals surface area contributed by atoms with Gasteiger partial charge in [-0.2, -0.15) is 5.10 Å². The summed E-state index contributed by atoms with van der Waals surface area (Å²) < 4.78 is 18.8. The SMILES string of the molecule is COc1cc(-c2nc3c(c(C)nn3-c3ccccc3)c3c2CCCCC3)cc(OC)c1OC. The lowest BCUT2D eigenvalue weighted by Crippen LogP contribution is -2.04. The lowest BCUT2D eigenvalue weighted by molar-refractivity contribution is 0.324. The summed E-state index contributed by atoms with van der Waals surface area (Å²) in [7, 11) is 4.91. The highest BCUT2D eigenvalue weighted by Crippen LogP contribution is 2.43. The standard InChI is InChI=1S/C27H29N3O3/c1-17-24-20-13-9-6-10-14-21(20)25(18-15-22(31-2)26(33-4)23(16-18)32-3)28-27(24)30(29-17)19-11-7-5-8-12-19/h5,7-8,11-12,15-16H,6,9-10,13-14H2,1-4H3. The number of rotatable bonds is 5. The molecule has 170 valence electrons. The fraction of sp³-hybridized carbons (Fsp3) is 0.333. The smallest absolute Gasteiger partial charge is 0.203 e. The summed E-state index contributed by atoms with van der Waals surface area (Å²) in [5.41, 5.74) is 7.54. The van der Waals surface area contributed by atoms with Crippen molar-refractivity contribution in [2.75, 3.05) is 21.3 Å². The van der Waals surface area contributed by atoms with Crippen molar-refractivity contribution < 1.29 is 14.2 Å². The van der Waals surface area contributed by atoms with Crippen LogP contribution in [-0.4, -0.2) is 36.1 Å². The molecule has 4 aromatic rings. The van der Waals surface area contributed by atoms with Gasteiger partial charge in [-0.25, -0.2) is 9.67 Å². The summed E-state index contributed by atoms with van der Waals surface area (Å²) in [6, 6.07) is 14.2. The minimum absolute atomic E-state index is 0.584. The molecule has 0 unspecified atom stereocenters. The number of aryl methyl sites for hydroxylation is 2. The van der Waals surface area contributed by atoms with Gasteiger partial charge in [-0.15, -0.1) is 0 Å². The first kappa shape index (κ1) is 21.3. The molecule has 0 aliphatic heterocycles. The fourth-order valence-electron chi connectivity index (χ4n) is 4.97. The van der Waals surface area contributed by atoms with Crippen LogP contribution in [0.4, 0.5) is 0 Å². The molecule has 2 aromatic carbocycles. The number of pyridine rings is 1. The summed E-state index contributed by atoms with van der Waals surface area (Å²) in [4.78, 5) is 5.25. The first-order valence-electron chi connectivity index (χ1n) is 11.4. The van der Waals surface area contributed by atoms with Crippen LogP contribution >= 0.6 is 0 Å². The predicted molar refractivity (Wildman–Crippen MR) is 130 cm³/mol. The zero-order valence-electron chi connectivity index (χ0n) is 19.6. The van der Waals surface area contributed by atoms with Gasteiger partial charge in [-0.3, -0.25) is 0 Å². The molecule has 2 aromatic heterocycles. The molecule has 1 aliphatic rings. The van der Waals surface area contributed by atoms with E-state index >= 15 is 0 Å². The third-order valence-electron chi connectivity index (χ3n) is 6.50. The minimum Gasteiger partial charge on any atom is -0.493 e. The molecule has 0 bridgehead atoms. The van der Waals surface area contributed by atoms with Crippen LogP contribution in [0.3, 0.4) is 0 Å². The van der Waals surface area contributed by atoms with Gasteiger partial charge in [0.25, 0.3) is 0 Å². The van der Waals surface area contributed by atoms with Gasteiger partial charge in [0.1, 0.15) is 0 Å². The van der Waals surface area contributed by atoms with Crippen LogP contribution in [0.15, 0.2) is 42.5 Å². The molecule has 6 nitrogen and oxygen atoms in total. The number of aromatic nitrogens is 3. The Hall–Kier alpha value is -3.54. The highest BCUT2D eigenvalue weighted by molar-refractivity contribution is 5.89. The second-order valence-corrected chi connectivity index (χ2v) is 8.42. The van der Waals surface area contributed by atoms with Gasteiger partial charge >= 0.3 is 0 Å². The molecule has 0 radical (unpaired) electrons. The van der Waals surface area contributed by atoms with Gasteiger partial charge in [-0.05, 0) is 68.0 Å². The number of fused-ring (bicyclic) bond motifs is 3. The maximum Gasteiger partial charge on any atom is 0.203 e. The van der Waals surface area contributed by atoms with E-state index < -0.39 is 0 Å². The zero-order chi connectivity index (χ0) is 22.9. The third-order valence-corrected chi connectivity index (χ3v) is 6.50. The highest BCUT2D eigenvalue weighted by atomic mass is 16.5. The number of para-hydroxylation sites is 1. The second-order valence-electron chi connectivity index (χ2n) is 8.42. The van der Waals surface area contributed by atoms with Crippen molar-refractivity contribution in [1.82, 2.24) is 14.8 Å². The molecule has 33 heavy (non-hydrogen) atoms. The van der Waals surface area contributed by atoms with E-state index in [1.807, 2.05) is 35.0 Å². The number of methoxy groups -OCH3 is 3. The maximum atomic E-state index is 5.64. The topological polar surface area (TPSA) is 58.4 Å². The maximum absolute atomic E-state index is 5.64. The molecule has 1 aliphatic carbocycles. The van der Waals surface area contributed by atoms with Crippen LogP contribution in [0.25, 0.3) is 28.0 Å². The Morgan fingerprint density at radius 3 is 2.12 bits per heavy atom. The number of hydrogen-bond acceptors (Lipinski definition) is 5. The highest BCUT2D eigenvalue weighted by Gasteiger charge is 2.25. The van der Waals surface area contributed by atoms with E-state index in [9.17, 15) is 0 Å². The van der Waals surface area contributed by atoms with Crippen LogP contribution in [0.2, 0.25) is 0 Å². The van der Waals surface area contributed by atoms with Crippen molar-refractivity contribution in [3.05, 3.63) is 59.3 Å². The van der Waals surface area contributed by atoms with Crippen molar-refractivity contribution in [2.45, 2.75) is 39.0 Å². The van der Waals surface area contributed by atoms with E-state index in [0.717, 1.165) is 47.5 Å². The van der Waals surface area contributed by atoms with Gasteiger partial charge in [0.05, 0.1) is 38.4 Å². The molecular formula is C27H29N3O3. The molecule has 0 N–H and O–H groups in total. The van der Waals surface area contributed by atoms with Crippen molar-refractivity contribution >= 4 is 11.0 Å². The van der Waals surface area contributed by atoms with Gasteiger partial charge in [0, 0.05) is 10.9 Å². The molecule has 0 spiro atoms. The Morgan fingerprint density at radius 2 is 1.48 bits per heavy atom. The normalized spacial score (nSPS) is 13.5. The van der Waals surface area contributed by atoms with E-state index in [0.29, 0.717) is 17.2 Å². The van der Waals surface area contributed by atoms with E-state index in [4.69, 9.17) is 24.3 Å². The molecule has 6 heteroatoms. The summed E-state index contributed by atoms with van der Waals surface area (Å²) in [6.07, 6.45) is 5.59. The lowest BCUT2D eigenvalue weighted by Gasteiger charge is -2.18. The van der Waals surface area contributed by atoms with Crippen LogP contribution < -0.4 is 14.2 Å². The molecule has 0 fully saturated rings. The molecule has 0 amide bonds. The predicted octanol–water partition coefficient (Wildman–Crippen LogP) is 5.69. The Kier molecular flexibility index (Phi) is 5.67. The lowest BCUT2D eigenvalue weighted by atomic mass is 9.94. The van der Waals surface area contributed by atoms with Crippen LogP contribution in [-0.2, 0) is 12.8 Å². The number of hydrogen-bond donors (Lipinski definition) is 0. The van der Waals surface area contributed by atoms with Crippen LogP contribution in [0.1, 0.15) is 36.1 Å². The van der Waals surface area contributed by atoms with E-state index in [-0.39, 0.29) is 0 Å². The van der Waals surface area contributed by atoms with Crippen LogP contribution in [0.5, 0.6) is 17.2 Å². The van der Waals surface area contributed by atoms with Gasteiger partial charge in [0.15, 0.2) is 17.1 Å². The fourth-order valence-corrected chi connectivity index (χ4v) is 4.97. The summed E-state index contributed by atoms with van der Waals surface area (Å²) in [6.45, 7) is 2.09. The van der Waals surface area contributed by atoms with Gasteiger partial charge < -0.3 is 14.2 Å². The second kappa shape index (κ2) is 8.77. The Morgan fingerprint density at radius 1 is 0.818 bits per heavy atom. The Labute approximate surface area is 194 Å². The minimum atomic E-state index is 0.584. The number of nitrogens with zero attached hydrogens (tertiary/aromatic N) is 3. The van der Waals surface area contributed by atoms with Gasteiger partial charge in [-0.1, -0.05) is 24.6 Å². The molecule has 0 saturated heterocycles. The monoisotopic (exact) mass is 443 g/mol. The van der Waals surface area contributed by atoms with Crippen LogP contribution in [0, 0.1) is 6.92 Å². The molecule has 5 rings (SSSR count). The van der Waals surface area contributed by atoms with Gasteiger partial charge in [0.2, 0.25) is 5.75 Å². The quantitative estimate of drug-likeness (QED) is 0.371. The first-order valence-corrected chi connectivity index (χ1v) is 11.4. The summed E-state index contributed by atoms with van der Waals surface area (Å²) in [5.74, 6) is 1.84. The average Bonchev–Trinajstić information content (AvgIpc) is 3.02. The van der Waals surface area contributed by atoms with Crippen molar-refractivity contribution in [3.63, 3.8) is 0 Å². The van der Waals surface area contributed by atoms with Crippen molar-refractivity contribution in [1.29, 1.82) is 0 Å². The molecule has 2 heterocycles.